The standard InChI is InChI=1S/C16H12O3S/c1-18-11-8-6-10(7-9-11)14-15(20)12-4-2-3-5-13(12)19-16(14)17/h2-9,20H,1H3. The van der Waals surface area contributed by atoms with E-state index in [2.05, 4.69) is 12.6 Å². The van der Waals surface area contributed by atoms with E-state index < -0.39 is 0 Å². The number of fused-ring (bicyclic) bond motifs is 1. The van der Waals surface area contributed by atoms with E-state index >= 15 is 0 Å². The molecule has 0 aliphatic carbocycles. The first-order valence-corrected chi connectivity index (χ1v) is 6.54. The first kappa shape index (κ1) is 12.8. The molecule has 0 unspecified atom stereocenters. The molecule has 0 aliphatic heterocycles. The van der Waals surface area contributed by atoms with E-state index in [1.165, 1.54) is 0 Å². The van der Waals surface area contributed by atoms with E-state index in [4.69, 9.17) is 9.15 Å². The zero-order valence-corrected chi connectivity index (χ0v) is 11.7. The maximum atomic E-state index is 12.2. The van der Waals surface area contributed by atoms with Gasteiger partial charge in [0.25, 0.3) is 0 Å². The number of thiol groups is 1. The second kappa shape index (κ2) is 5.06. The molecule has 3 rings (SSSR count). The molecule has 1 heterocycles. The molecule has 0 aliphatic rings. The van der Waals surface area contributed by atoms with Gasteiger partial charge in [-0.1, -0.05) is 30.3 Å². The smallest absolute Gasteiger partial charge is 0.345 e. The molecule has 1 aromatic heterocycles. The van der Waals surface area contributed by atoms with Gasteiger partial charge in [0.1, 0.15) is 11.3 Å². The van der Waals surface area contributed by atoms with Crippen molar-refractivity contribution >= 4 is 23.6 Å². The summed E-state index contributed by atoms with van der Waals surface area (Å²) >= 11 is 4.50. The minimum atomic E-state index is -0.390. The maximum absolute atomic E-state index is 12.2. The van der Waals surface area contributed by atoms with Crippen LogP contribution in [0.4, 0.5) is 0 Å². The maximum Gasteiger partial charge on any atom is 0.345 e. The Morgan fingerprint density at radius 2 is 1.75 bits per heavy atom. The average molecular weight is 284 g/mol. The molecule has 0 saturated carbocycles. The summed E-state index contributed by atoms with van der Waals surface area (Å²) in [5.74, 6) is 0.736. The molecule has 3 aromatic rings. The van der Waals surface area contributed by atoms with Gasteiger partial charge in [-0.25, -0.2) is 4.79 Å². The summed E-state index contributed by atoms with van der Waals surface area (Å²) in [5, 5.41) is 0.821. The second-order valence-electron chi connectivity index (χ2n) is 4.34. The van der Waals surface area contributed by atoms with Gasteiger partial charge in [-0.3, -0.25) is 0 Å². The summed E-state index contributed by atoms with van der Waals surface area (Å²) in [4.78, 5) is 12.8. The third kappa shape index (κ3) is 2.08. The van der Waals surface area contributed by atoms with E-state index in [1.807, 2.05) is 30.3 Å². The quantitative estimate of drug-likeness (QED) is 0.575. The number of para-hydroxylation sites is 1. The molecule has 3 nitrogen and oxygen atoms in total. The molecule has 2 aromatic carbocycles. The molecular formula is C16H12O3S. The normalized spacial score (nSPS) is 10.7. The van der Waals surface area contributed by atoms with Gasteiger partial charge in [0.15, 0.2) is 0 Å². The number of hydrogen-bond donors (Lipinski definition) is 1. The summed E-state index contributed by atoms with van der Waals surface area (Å²) in [6, 6.07) is 14.6. The van der Waals surface area contributed by atoms with Crippen LogP contribution in [-0.4, -0.2) is 7.11 Å². The Labute approximate surface area is 121 Å². The third-order valence-corrected chi connectivity index (χ3v) is 3.63. The molecule has 0 atom stereocenters. The van der Waals surface area contributed by atoms with Crippen molar-refractivity contribution < 1.29 is 9.15 Å². The molecule has 100 valence electrons. The van der Waals surface area contributed by atoms with Gasteiger partial charge >= 0.3 is 5.63 Å². The molecule has 20 heavy (non-hydrogen) atoms. The van der Waals surface area contributed by atoms with Gasteiger partial charge < -0.3 is 9.15 Å². The van der Waals surface area contributed by atoms with Crippen LogP contribution in [0.2, 0.25) is 0 Å². The van der Waals surface area contributed by atoms with Gasteiger partial charge in [0.2, 0.25) is 0 Å². The lowest BCUT2D eigenvalue weighted by Gasteiger charge is -2.07. The fourth-order valence-corrected chi connectivity index (χ4v) is 2.55. The second-order valence-corrected chi connectivity index (χ2v) is 4.79. The summed E-state index contributed by atoms with van der Waals surface area (Å²) in [7, 11) is 1.60. The van der Waals surface area contributed by atoms with Crippen molar-refractivity contribution in [2.24, 2.45) is 0 Å². The van der Waals surface area contributed by atoms with E-state index in [-0.39, 0.29) is 5.63 Å². The van der Waals surface area contributed by atoms with Gasteiger partial charge in [-0.15, -0.1) is 12.6 Å². The van der Waals surface area contributed by atoms with Crippen LogP contribution in [0.25, 0.3) is 22.1 Å². The number of hydrogen-bond acceptors (Lipinski definition) is 4. The Hall–Kier alpha value is -2.20. The predicted molar refractivity (Wildman–Crippen MR) is 81.7 cm³/mol. The molecule has 0 radical (unpaired) electrons. The van der Waals surface area contributed by atoms with Crippen molar-refractivity contribution in [3.05, 3.63) is 59.0 Å². The molecule has 0 spiro atoms. The van der Waals surface area contributed by atoms with Gasteiger partial charge in [0.05, 0.1) is 12.7 Å². The Morgan fingerprint density at radius 3 is 2.45 bits per heavy atom. The predicted octanol–water partition coefficient (Wildman–Crippen LogP) is 3.76. The van der Waals surface area contributed by atoms with Crippen molar-refractivity contribution in [1.82, 2.24) is 0 Å². The van der Waals surface area contributed by atoms with Crippen LogP contribution < -0.4 is 10.4 Å². The van der Waals surface area contributed by atoms with Gasteiger partial charge in [-0.2, -0.15) is 0 Å². The lowest BCUT2D eigenvalue weighted by molar-refractivity contribution is 0.415. The molecule has 0 amide bonds. The Morgan fingerprint density at radius 1 is 1.05 bits per heavy atom. The van der Waals surface area contributed by atoms with Crippen molar-refractivity contribution in [3.63, 3.8) is 0 Å². The van der Waals surface area contributed by atoms with Crippen LogP contribution in [0.3, 0.4) is 0 Å². The molecule has 0 bridgehead atoms. The van der Waals surface area contributed by atoms with Crippen molar-refractivity contribution in [2.75, 3.05) is 7.11 Å². The largest absolute Gasteiger partial charge is 0.497 e. The summed E-state index contributed by atoms with van der Waals surface area (Å²) < 4.78 is 10.5. The SMILES string of the molecule is COc1ccc(-c2c(S)c3ccccc3oc2=O)cc1. The Balaban J connectivity index is 2.27. The Bertz CT molecular complexity index is 819. The van der Waals surface area contributed by atoms with Crippen LogP contribution >= 0.6 is 12.6 Å². The zero-order valence-electron chi connectivity index (χ0n) is 10.8. The van der Waals surface area contributed by atoms with Crippen molar-refractivity contribution in [3.8, 4) is 16.9 Å². The lowest BCUT2D eigenvalue weighted by Crippen LogP contribution is -2.04. The van der Waals surface area contributed by atoms with E-state index in [9.17, 15) is 4.79 Å². The van der Waals surface area contributed by atoms with E-state index in [0.717, 1.165) is 16.7 Å². The van der Waals surface area contributed by atoms with Crippen LogP contribution in [0.5, 0.6) is 5.75 Å². The average Bonchev–Trinajstić information content (AvgIpc) is 2.48. The van der Waals surface area contributed by atoms with Gasteiger partial charge in [-0.05, 0) is 23.8 Å². The number of rotatable bonds is 2. The minimum absolute atomic E-state index is 0.390. The van der Waals surface area contributed by atoms with E-state index in [0.29, 0.717) is 16.0 Å². The van der Waals surface area contributed by atoms with Gasteiger partial charge in [0, 0.05) is 10.3 Å². The van der Waals surface area contributed by atoms with Crippen LogP contribution in [0, 0.1) is 0 Å². The number of benzene rings is 2. The molecule has 4 heteroatoms. The molecule has 0 saturated heterocycles. The Kier molecular flexibility index (Phi) is 3.24. The highest BCUT2D eigenvalue weighted by Gasteiger charge is 2.13. The summed E-state index contributed by atoms with van der Waals surface area (Å²) in [5.41, 5.74) is 1.38. The zero-order chi connectivity index (χ0) is 14.1. The first-order chi connectivity index (χ1) is 9.70. The topological polar surface area (TPSA) is 39.4 Å². The fourth-order valence-electron chi connectivity index (χ4n) is 2.15. The van der Waals surface area contributed by atoms with Crippen molar-refractivity contribution in [1.29, 1.82) is 0 Å². The summed E-state index contributed by atoms with van der Waals surface area (Å²) in [6.45, 7) is 0. The third-order valence-electron chi connectivity index (χ3n) is 3.16. The lowest BCUT2D eigenvalue weighted by atomic mass is 10.1. The van der Waals surface area contributed by atoms with Crippen LogP contribution in [0.1, 0.15) is 0 Å². The molecular weight excluding hydrogens is 272 g/mol. The highest BCUT2D eigenvalue weighted by Crippen LogP contribution is 2.30. The first-order valence-electron chi connectivity index (χ1n) is 6.10. The number of ether oxygens (including phenoxy) is 1. The monoisotopic (exact) mass is 284 g/mol. The fraction of sp³-hybridized carbons (Fsp3) is 0.0625. The number of methoxy groups -OCH3 is 1. The molecule has 0 N–H and O–H groups in total. The minimum Gasteiger partial charge on any atom is -0.497 e. The summed E-state index contributed by atoms with van der Waals surface area (Å²) in [6.07, 6.45) is 0. The highest BCUT2D eigenvalue weighted by molar-refractivity contribution is 7.80. The van der Waals surface area contributed by atoms with Crippen molar-refractivity contribution in [2.45, 2.75) is 4.90 Å². The molecule has 0 fully saturated rings. The van der Waals surface area contributed by atoms with Crippen LogP contribution in [0.15, 0.2) is 62.6 Å². The van der Waals surface area contributed by atoms with E-state index in [1.54, 1.807) is 25.3 Å². The van der Waals surface area contributed by atoms with Crippen LogP contribution in [-0.2, 0) is 0 Å². The highest BCUT2D eigenvalue weighted by atomic mass is 32.1.